The number of aryl methyl sites for hydroxylation is 1. The molecule has 0 saturated heterocycles. The standard InChI is InChI=1S/C30H34N6O6/c1-29(2,3)42-28(40)35-24(31)21-12-10-19(11-13-21)16-33-26(38)30(4)15-14-23-32-17-22(25(37)36(23)30)34-27(39)41-18-20-8-6-5-7-9-20/h5-13,17H,14-16,18H2,1-4H3,(H,33,38)(H,34,39)(H2,31,35,40). The number of nitrogens with two attached hydrogens (primary N) is 1. The molecule has 42 heavy (non-hydrogen) atoms. The molecule has 4 N–H and O–H groups in total. The Hall–Kier alpha value is -5.00. The highest BCUT2D eigenvalue weighted by Gasteiger charge is 2.42. The maximum absolute atomic E-state index is 13.4. The Labute approximate surface area is 243 Å². The van der Waals surface area contributed by atoms with Gasteiger partial charge in [0.15, 0.2) is 0 Å². The summed E-state index contributed by atoms with van der Waals surface area (Å²) in [6.07, 6.45) is 0.472. The summed E-state index contributed by atoms with van der Waals surface area (Å²) in [7, 11) is 0. The SMILES string of the molecule is CC(C)(C)OC(=O)N=C(N)c1ccc(CNC(=O)C2(C)CCc3ncc(NC(=O)OCc4ccccc4)c(=O)n32)cc1. The van der Waals surface area contributed by atoms with Crippen molar-refractivity contribution in [2.24, 2.45) is 10.7 Å². The van der Waals surface area contributed by atoms with E-state index in [1.54, 1.807) is 52.0 Å². The summed E-state index contributed by atoms with van der Waals surface area (Å²) in [4.78, 5) is 59.0. The molecule has 1 aliphatic rings. The van der Waals surface area contributed by atoms with Gasteiger partial charge >= 0.3 is 12.2 Å². The number of ether oxygens (including phenoxy) is 2. The zero-order valence-corrected chi connectivity index (χ0v) is 24.0. The van der Waals surface area contributed by atoms with Gasteiger partial charge in [0.25, 0.3) is 5.56 Å². The van der Waals surface area contributed by atoms with Crippen LogP contribution >= 0.6 is 0 Å². The summed E-state index contributed by atoms with van der Waals surface area (Å²) in [6, 6.07) is 16.0. The number of hydrogen-bond acceptors (Lipinski definition) is 7. The van der Waals surface area contributed by atoms with Crippen molar-refractivity contribution in [1.29, 1.82) is 0 Å². The van der Waals surface area contributed by atoms with E-state index < -0.39 is 28.9 Å². The fourth-order valence-electron chi connectivity index (χ4n) is 4.43. The van der Waals surface area contributed by atoms with Gasteiger partial charge in [-0.05, 0) is 45.2 Å². The first kappa shape index (κ1) is 30.0. The quantitative estimate of drug-likeness (QED) is 0.284. The predicted molar refractivity (Wildman–Crippen MR) is 156 cm³/mol. The summed E-state index contributed by atoms with van der Waals surface area (Å²) >= 11 is 0. The zero-order chi connectivity index (χ0) is 30.5. The number of anilines is 1. The topological polar surface area (TPSA) is 167 Å². The maximum atomic E-state index is 13.4. The molecule has 12 nitrogen and oxygen atoms in total. The van der Waals surface area contributed by atoms with Crippen molar-refractivity contribution in [3.05, 3.63) is 93.7 Å². The van der Waals surface area contributed by atoms with Gasteiger partial charge in [-0.2, -0.15) is 4.99 Å². The van der Waals surface area contributed by atoms with Crippen molar-refractivity contribution in [3.8, 4) is 0 Å². The smallest absolute Gasteiger partial charge is 0.436 e. The third-order valence-electron chi connectivity index (χ3n) is 6.61. The normalized spacial score (nSPS) is 16.3. The molecule has 0 spiro atoms. The van der Waals surface area contributed by atoms with Crippen LogP contribution in [0, 0.1) is 0 Å². The van der Waals surface area contributed by atoms with Crippen LogP contribution < -0.4 is 21.9 Å². The number of nitrogens with zero attached hydrogens (tertiary/aromatic N) is 3. The number of rotatable bonds is 7. The molecule has 3 amide bonds. The first-order valence-corrected chi connectivity index (χ1v) is 13.4. The molecule has 1 aromatic heterocycles. The third-order valence-corrected chi connectivity index (χ3v) is 6.61. The van der Waals surface area contributed by atoms with Crippen molar-refractivity contribution < 1.29 is 23.9 Å². The van der Waals surface area contributed by atoms with Gasteiger partial charge in [0.2, 0.25) is 5.91 Å². The monoisotopic (exact) mass is 574 g/mol. The first-order chi connectivity index (χ1) is 19.9. The molecule has 1 unspecified atom stereocenters. The van der Waals surface area contributed by atoms with Crippen LogP contribution in [0.5, 0.6) is 0 Å². The molecule has 12 heteroatoms. The second-order valence-electron chi connectivity index (χ2n) is 11.0. The van der Waals surface area contributed by atoms with Crippen LogP contribution in [0.3, 0.4) is 0 Å². The third kappa shape index (κ3) is 7.19. The molecular weight excluding hydrogens is 540 g/mol. The van der Waals surface area contributed by atoms with Gasteiger partial charge in [0.05, 0.1) is 6.20 Å². The van der Waals surface area contributed by atoms with E-state index in [4.69, 9.17) is 15.2 Å². The Morgan fingerprint density at radius 1 is 1.07 bits per heavy atom. The van der Waals surface area contributed by atoms with Crippen LogP contribution in [-0.2, 0) is 39.4 Å². The van der Waals surface area contributed by atoms with Crippen molar-refractivity contribution in [3.63, 3.8) is 0 Å². The molecule has 0 saturated carbocycles. The average Bonchev–Trinajstić information content (AvgIpc) is 3.30. The molecule has 1 atom stereocenters. The van der Waals surface area contributed by atoms with Crippen molar-refractivity contribution >= 4 is 29.6 Å². The van der Waals surface area contributed by atoms with E-state index in [2.05, 4.69) is 20.6 Å². The van der Waals surface area contributed by atoms with Gasteiger partial charge < -0.3 is 20.5 Å². The largest absolute Gasteiger partial charge is 0.444 e. The van der Waals surface area contributed by atoms with Gasteiger partial charge in [-0.25, -0.2) is 14.6 Å². The van der Waals surface area contributed by atoms with Gasteiger partial charge in [-0.15, -0.1) is 0 Å². The van der Waals surface area contributed by atoms with E-state index in [-0.39, 0.29) is 30.6 Å². The summed E-state index contributed by atoms with van der Waals surface area (Å²) in [6.45, 7) is 7.08. The van der Waals surface area contributed by atoms with Crippen LogP contribution in [0.15, 0.2) is 70.6 Å². The zero-order valence-electron chi connectivity index (χ0n) is 24.0. The lowest BCUT2D eigenvalue weighted by molar-refractivity contribution is -0.129. The summed E-state index contributed by atoms with van der Waals surface area (Å²) in [5, 5.41) is 5.33. The minimum absolute atomic E-state index is 0.00939. The molecule has 0 aliphatic carbocycles. The minimum atomic E-state index is -1.21. The van der Waals surface area contributed by atoms with E-state index in [1.807, 2.05) is 30.3 Å². The number of amides is 3. The number of hydrogen-bond donors (Lipinski definition) is 3. The lowest BCUT2D eigenvalue weighted by atomic mass is 9.98. The molecule has 2 heterocycles. The number of aromatic nitrogens is 2. The Balaban J connectivity index is 1.39. The average molecular weight is 575 g/mol. The number of amidine groups is 1. The number of fused-ring (bicyclic) bond motifs is 1. The Bertz CT molecular complexity index is 1560. The molecule has 220 valence electrons. The minimum Gasteiger partial charge on any atom is -0.444 e. The number of nitrogens with one attached hydrogen (secondary N) is 2. The molecule has 2 aromatic carbocycles. The Morgan fingerprint density at radius 2 is 1.76 bits per heavy atom. The highest BCUT2D eigenvalue weighted by molar-refractivity contribution is 6.02. The van der Waals surface area contributed by atoms with Crippen molar-refractivity contribution in [1.82, 2.24) is 14.9 Å². The van der Waals surface area contributed by atoms with Crippen LogP contribution in [0.4, 0.5) is 15.3 Å². The van der Waals surface area contributed by atoms with Crippen LogP contribution in [0.2, 0.25) is 0 Å². The summed E-state index contributed by atoms with van der Waals surface area (Å²) < 4.78 is 11.7. The van der Waals surface area contributed by atoms with Crippen molar-refractivity contribution in [2.75, 3.05) is 5.32 Å². The number of carbonyl (C=O) groups excluding carboxylic acids is 3. The Kier molecular flexibility index (Phi) is 8.74. The fourth-order valence-corrected chi connectivity index (χ4v) is 4.43. The lowest BCUT2D eigenvalue weighted by Gasteiger charge is -2.26. The van der Waals surface area contributed by atoms with E-state index in [1.165, 1.54) is 10.8 Å². The first-order valence-electron chi connectivity index (χ1n) is 13.4. The van der Waals surface area contributed by atoms with Crippen molar-refractivity contribution in [2.45, 2.75) is 64.8 Å². The summed E-state index contributed by atoms with van der Waals surface area (Å²) in [5.74, 6) is 0.0872. The molecule has 0 bridgehead atoms. The Morgan fingerprint density at radius 3 is 2.43 bits per heavy atom. The van der Waals surface area contributed by atoms with Crippen LogP contribution in [0.1, 0.15) is 56.6 Å². The fraction of sp³-hybridized carbons (Fsp3) is 0.333. The second-order valence-corrected chi connectivity index (χ2v) is 11.0. The van der Waals surface area contributed by atoms with Crippen LogP contribution in [0.25, 0.3) is 0 Å². The number of aliphatic imine (C=N–C) groups is 1. The molecular formula is C30H34N6O6. The summed E-state index contributed by atoms with van der Waals surface area (Å²) in [5.41, 5.74) is 5.49. The van der Waals surface area contributed by atoms with E-state index in [0.29, 0.717) is 24.2 Å². The highest BCUT2D eigenvalue weighted by atomic mass is 16.6. The molecule has 3 aromatic rings. The second kappa shape index (κ2) is 12.2. The number of carbonyl (C=O) groups is 3. The van der Waals surface area contributed by atoms with Gasteiger partial charge in [0.1, 0.15) is 35.1 Å². The van der Waals surface area contributed by atoms with Crippen LogP contribution in [-0.4, -0.2) is 39.1 Å². The van der Waals surface area contributed by atoms with E-state index >= 15 is 0 Å². The molecule has 1 aliphatic heterocycles. The lowest BCUT2D eigenvalue weighted by Crippen LogP contribution is -2.49. The van der Waals surface area contributed by atoms with E-state index in [9.17, 15) is 19.2 Å². The van der Waals surface area contributed by atoms with Gasteiger partial charge in [0, 0.05) is 18.5 Å². The molecule has 0 radical (unpaired) electrons. The molecule has 4 rings (SSSR count). The van der Waals surface area contributed by atoms with Gasteiger partial charge in [-0.1, -0.05) is 54.6 Å². The maximum Gasteiger partial charge on any atom is 0.436 e. The predicted octanol–water partition coefficient (Wildman–Crippen LogP) is 3.61. The molecule has 0 fully saturated rings. The van der Waals surface area contributed by atoms with Gasteiger partial charge in [-0.3, -0.25) is 19.5 Å². The number of benzene rings is 2. The highest BCUT2D eigenvalue weighted by Crippen LogP contribution is 2.30. The van der Waals surface area contributed by atoms with E-state index in [0.717, 1.165) is 11.1 Å².